The molecule has 0 bridgehead atoms. The van der Waals surface area contributed by atoms with E-state index < -0.39 is 18.5 Å². The van der Waals surface area contributed by atoms with Crippen LogP contribution in [0.1, 0.15) is 13.3 Å². The van der Waals surface area contributed by atoms with Crippen molar-refractivity contribution >= 4 is 22.3 Å². The standard InChI is InChI=1S/C14H15F4N3/c1-2-6-21(8-14(16,17)18)13-10(15)7-11(19)9-4-3-5-20-12(9)13/h3-5,7H,2,6,8,19H2,1H3. The van der Waals surface area contributed by atoms with Gasteiger partial charge in [-0.1, -0.05) is 6.92 Å². The van der Waals surface area contributed by atoms with Crippen LogP contribution in [0.4, 0.5) is 28.9 Å². The highest BCUT2D eigenvalue weighted by atomic mass is 19.4. The predicted molar refractivity (Wildman–Crippen MR) is 74.7 cm³/mol. The summed E-state index contributed by atoms with van der Waals surface area (Å²) in [5.41, 5.74) is 5.85. The van der Waals surface area contributed by atoms with Gasteiger partial charge in [-0.3, -0.25) is 4.98 Å². The fourth-order valence-electron chi connectivity index (χ4n) is 2.28. The Balaban J connectivity index is 2.61. The van der Waals surface area contributed by atoms with E-state index in [-0.39, 0.29) is 23.4 Å². The van der Waals surface area contributed by atoms with Gasteiger partial charge in [-0.15, -0.1) is 0 Å². The van der Waals surface area contributed by atoms with E-state index in [0.717, 1.165) is 11.0 Å². The number of nitrogens with two attached hydrogens (primary N) is 1. The Bertz CT molecular complexity index is 640. The lowest BCUT2D eigenvalue weighted by molar-refractivity contribution is -0.119. The maximum atomic E-state index is 14.2. The summed E-state index contributed by atoms with van der Waals surface area (Å²) in [4.78, 5) is 4.97. The molecule has 1 aromatic heterocycles. The van der Waals surface area contributed by atoms with Crippen LogP contribution in [0.2, 0.25) is 0 Å². The number of pyridine rings is 1. The van der Waals surface area contributed by atoms with Gasteiger partial charge in [0, 0.05) is 23.8 Å². The predicted octanol–water partition coefficient (Wildman–Crippen LogP) is 3.73. The first-order chi connectivity index (χ1) is 9.83. The molecule has 0 spiro atoms. The third kappa shape index (κ3) is 3.34. The van der Waals surface area contributed by atoms with Gasteiger partial charge < -0.3 is 10.6 Å². The molecule has 0 aliphatic heterocycles. The van der Waals surface area contributed by atoms with Crippen LogP contribution in [0.3, 0.4) is 0 Å². The first-order valence-electron chi connectivity index (χ1n) is 6.48. The van der Waals surface area contributed by atoms with Crippen molar-refractivity contribution in [2.24, 2.45) is 0 Å². The van der Waals surface area contributed by atoms with Gasteiger partial charge in [0.25, 0.3) is 0 Å². The highest BCUT2D eigenvalue weighted by Crippen LogP contribution is 2.34. The Morgan fingerprint density at radius 1 is 1.33 bits per heavy atom. The van der Waals surface area contributed by atoms with E-state index in [1.807, 2.05) is 0 Å². The summed E-state index contributed by atoms with van der Waals surface area (Å²) >= 11 is 0. The average molecular weight is 301 g/mol. The summed E-state index contributed by atoms with van der Waals surface area (Å²) in [5, 5.41) is 0.442. The average Bonchev–Trinajstić information content (AvgIpc) is 2.37. The lowest BCUT2D eigenvalue weighted by atomic mass is 10.1. The molecule has 7 heteroatoms. The van der Waals surface area contributed by atoms with Crippen molar-refractivity contribution in [1.29, 1.82) is 0 Å². The number of nitrogens with zero attached hydrogens (tertiary/aromatic N) is 2. The van der Waals surface area contributed by atoms with Crippen LogP contribution in [0.25, 0.3) is 10.9 Å². The molecule has 0 radical (unpaired) electrons. The molecular formula is C14H15F4N3. The van der Waals surface area contributed by atoms with E-state index >= 15 is 0 Å². The molecule has 0 amide bonds. The summed E-state index contributed by atoms with van der Waals surface area (Å²) in [6.07, 6.45) is -2.57. The number of aromatic nitrogens is 1. The minimum Gasteiger partial charge on any atom is -0.398 e. The van der Waals surface area contributed by atoms with Gasteiger partial charge in [0.1, 0.15) is 12.2 Å². The van der Waals surface area contributed by atoms with Crippen LogP contribution in [-0.2, 0) is 0 Å². The van der Waals surface area contributed by atoms with E-state index in [1.54, 1.807) is 19.1 Å². The van der Waals surface area contributed by atoms with Gasteiger partial charge in [-0.25, -0.2) is 4.39 Å². The Labute approximate surface area is 119 Å². The molecule has 114 valence electrons. The number of benzene rings is 1. The van der Waals surface area contributed by atoms with Gasteiger partial charge in [0.2, 0.25) is 0 Å². The zero-order valence-corrected chi connectivity index (χ0v) is 11.4. The van der Waals surface area contributed by atoms with Crippen molar-refractivity contribution in [3.05, 3.63) is 30.2 Å². The largest absolute Gasteiger partial charge is 0.405 e. The number of hydrogen-bond donors (Lipinski definition) is 1. The Kier molecular flexibility index (Phi) is 4.20. The van der Waals surface area contributed by atoms with Crippen LogP contribution in [0.5, 0.6) is 0 Å². The Morgan fingerprint density at radius 2 is 2.05 bits per heavy atom. The Hall–Kier alpha value is -2.05. The summed E-state index contributed by atoms with van der Waals surface area (Å²) in [7, 11) is 0. The van der Waals surface area contributed by atoms with Crippen LogP contribution < -0.4 is 10.6 Å². The highest BCUT2D eigenvalue weighted by molar-refractivity contribution is 5.98. The molecule has 0 atom stereocenters. The van der Waals surface area contributed by atoms with Crippen molar-refractivity contribution in [2.75, 3.05) is 23.7 Å². The molecule has 2 rings (SSSR count). The second kappa shape index (κ2) is 5.75. The monoisotopic (exact) mass is 301 g/mol. The molecule has 2 N–H and O–H groups in total. The maximum Gasteiger partial charge on any atom is 0.405 e. The zero-order valence-electron chi connectivity index (χ0n) is 11.4. The molecule has 21 heavy (non-hydrogen) atoms. The molecule has 0 fully saturated rings. The number of nitrogen functional groups attached to an aromatic ring is 1. The number of fused-ring (bicyclic) bond motifs is 1. The first kappa shape index (κ1) is 15.3. The van der Waals surface area contributed by atoms with Gasteiger partial charge >= 0.3 is 6.18 Å². The van der Waals surface area contributed by atoms with Gasteiger partial charge in [-0.05, 0) is 24.6 Å². The van der Waals surface area contributed by atoms with Crippen molar-refractivity contribution in [2.45, 2.75) is 19.5 Å². The van der Waals surface area contributed by atoms with E-state index in [0.29, 0.717) is 11.8 Å². The van der Waals surface area contributed by atoms with Crippen LogP contribution >= 0.6 is 0 Å². The molecule has 2 aromatic rings. The van der Waals surface area contributed by atoms with Crippen LogP contribution in [0, 0.1) is 5.82 Å². The van der Waals surface area contributed by atoms with Crippen molar-refractivity contribution in [1.82, 2.24) is 4.98 Å². The lowest BCUT2D eigenvalue weighted by Gasteiger charge is -2.27. The number of halogens is 4. The summed E-state index contributed by atoms with van der Waals surface area (Å²) in [5.74, 6) is -0.795. The molecule has 3 nitrogen and oxygen atoms in total. The lowest BCUT2D eigenvalue weighted by Crippen LogP contribution is -2.35. The van der Waals surface area contributed by atoms with Gasteiger partial charge in [0.15, 0.2) is 5.82 Å². The second-order valence-corrected chi connectivity index (χ2v) is 4.73. The number of alkyl halides is 3. The van der Waals surface area contributed by atoms with E-state index in [4.69, 9.17) is 5.73 Å². The molecule has 0 saturated heterocycles. The summed E-state index contributed by atoms with van der Waals surface area (Å²) in [6.45, 7) is 0.577. The normalized spacial score (nSPS) is 11.9. The smallest absolute Gasteiger partial charge is 0.398 e. The third-order valence-electron chi connectivity index (χ3n) is 3.03. The zero-order chi connectivity index (χ0) is 15.6. The highest BCUT2D eigenvalue weighted by Gasteiger charge is 2.32. The SMILES string of the molecule is CCCN(CC(F)(F)F)c1c(F)cc(N)c2cccnc12. The van der Waals surface area contributed by atoms with Crippen molar-refractivity contribution < 1.29 is 17.6 Å². The molecule has 0 aliphatic rings. The van der Waals surface area contributed by atoms with E-state index in [1.165, 1.54) is 6.20 Å². The van der Waals surface area contributed by atoms with E-state index in [2.05, 4.69) is 4.98 Å². The second-order valence-electron chi connectivity index (χ2n) is 4.73. The molecule has 1 heterocycles. The van der Waals surface area contributed by atoms with Gasteiger partial charge in [0.05, 0.1) is 5.52 Å². The quantitative estimate of drug-likeness (QED) is 0.691. The van der Waals surface area contributed by atoms with E-state index in [9.17, 15) is 17.6 Å². The topological polar surface area (TPSA) is 42.1 Å². The summed E-state index contributed by atoms with van der Waals surface area (Å²) in [6, 6.07) is 4.25. The molecule has 0 aliphatic carbocycles. The number of rotatable bonds is 4. The minimum absolute atomic E-state index is 0.0754. The minimum atomic E-state index is -4.43. The van der Waals surface area contributed by atoms with Gasteiger partial charge in [-0.2, -0.15) is 13.2 Å². The van der Waals surface area contributed by atoms with Crippen molar-refractivity contribution in [3.8, 4) is 0 Å². The first-order valence-corrected chi connectivity index (χ1v) is 6.48. The molecule has 0 unspecified atom stereocenters. The number of anilines is 2. The van der Waals surface area contributed by atoms with Crippen LogP contribution in [0.15, 0.2) is 24.4 Å². The molecular weight excluding hydrogens is 286 g/mol. The molecule has 1 aromatic carbocycles. The fraction of sp³-hybridized carbons (Fsp3) is 0.357. The maximum absolute atomic E-state index is 14.2. The van der Waals surface area contributed by atoms with Crippen LogP contribution in [-0.4, -0.2) is 24.2 Å². The molecule has 0 saturated carbocycles. The van der Waals surface area contributed by atoms with Crippen molar-refractivity contribution in [3.63, 3.8) is 0 Å². The Morgan fingerprint density at radius 3 is 2.67 bits per heavy atom. The third-order valence-corrected chi connectivity index (χ3v) is 3.03. The number of hydrogen-bond acceptors (Lipinski definition) is 3. The fourth-order valence-corrected chi connectivity index (χ4v) is 2.28. The summed E-state index contributed by atoms with van der Waals surface area (Å²) < 4.78 is 52.3.